The zero-order chi connectivity index (χ0) is 45.0. The van der Waals surface area contributed by atoms with Crippen molar-refractivity contribution in [1.29, 1.82) is 0 Å². The van der Waals surface area contributed by atoms with Gasteiger partial charge < -0.3 is 56.6 Å². The maximum atomic E-state index is 14.0. The molecule has 2 saturated heterocycles. The lowest BCUT2D eigenvalue weighted by Gasteiger charge is -2.38. The highest BCUT2D eigenvalue weighted by atomic mass is 35.5. The Bertz CT molecular complexity index is 1970. The predicted molar refractivity (Wildman–Crippen MR) is 229 cm³/mol. The van der Waals surface area contributed by atoms with Crippen molar-refractivity contribution in [2.45, 2.75) is 58.5 Å². The molecule has 2 aliphatic heterocycles. The lowest BCUT2D eigenvalue weighted by molar-refractivity contribution is -0.459. The van der Waals surface area contributed by atoms with Gasteiger partial charge in [0.1, 0.15) is 19.2 Å². The molecule has 2 aliphatic rings. The van der Waals surface area contributed by atoms with Gasteiger partial charge in [0.2, 0.25) is 29.7 Å². The SMILES string of the molecule is C#CCOCCOCCOCCNc1nc(N2CCN(C(=O)Cn3cc(CCC[NH+]=C(N)N)nn3)CC2)nc(N2CCN(C(=O)C(C(C)CC)n3cc(CCC(=O)O)nn3)CC2)n1.[Cl-]. The molecule has 5 rings (SSSR count). The number of aromatic nitrogens is 9. The summed E-state index contributed by atoms with van der Waals surface area (Å²) >= 11 is 0. The van der Waals surface area contributed by atoms with E-state index in [9.17, 15) is 14.4 Å². The number of nitrogens with one attached hydrogen (secondary N) is 2. The van der Waals surface area contributed by atoms with Crippen molar-refractivity contribution in [1.82, 2.24) is 54.7 Å². The number of hydrogen-bond donors (Lipinski definition) is 5. The van der Waals surface area contributed by atoms with Gasteiger partial charge >= 0.3 is 11.9 Å². The fraction of sp³-hybridized carbons (Fsp3) is 0.667. The van der Waals surface area contributed by atoms with Crippen LogP contribution in [-0.4, -0.2) is 189 Å². The van der Waals surface area contributed by atoms with Gasteiger partial charge in [0.05, 0.1) is 57.4 Å². The van der Waals surface area contributed by atoms with E-state index in [0.717, 1.165) is 18.5 Å². The van der Waals surface area contributed by atoms with E-state index < -0.39 is 12.0 Å². The molecule has 7 N–H and O–H groups in total. The van der Waals surface area contributed by atoms with E-state index in [1.54, 1.807) is 26.7 Å². The first-order chi connectivity index (χ1) is 30.5. The maximum absolute atomic E-state index is 14.0. The van der Waals surface area contributed by atoms with Crippen LogP contribution in [0, 0.1) is 18.3 Å². The molecule has 0 aliphatic carbocycles. The van der Waals surface area contributed by atoms with Gasteiger partial charge in [-0.2, -0.15) is 15.0 Å². The number of carboxylic acids is 1. The topological polar surface area (TPSA) is 290 Å². The molecule has 0 bridgehead atoms. The van der Waals surface area contributed by atoms with Crippen LogP contribution in [0.4, 0.5) is 17.8 Å². The van der Waals surface area contributed by atoms with Gasteiger partial charge in [0.25, 0.3) is 0 Å². The number of nitrogens with two attached hydrogens (primary N) is 2. The van der Waals surface area contributed by atoms with Crippen molar-refractivity contribution in [2.75, 3.05) is 120 Å². The third kappa shape index (κ3) is 16.0. The molecule has 2 amide bonds. The minimum atomic E-state index is -0.921. The van der Waals surface area contributed by atoms with Crippen LogP contribution in [0.15, 0.2) is 12.4 Å². The number of carbonyl (C=O) groups is 3. The quantitative estimate of drug-likeness (QED) is 0.0217. The standard InChI is InChI=1S/C39H61N17O7.ClH/c1-4-20-61-22-24-63-25-23-62-21-11-43-37-44-38(53-16-12-51(13-17-53)32(57)28-55-26-30(47-49-55)7-6-10-42-36(40)41)46-39(45-37)54-18-14-52(15-19-54)35(60)34(29(3)5-2)56-27-31(48-50-56)8-9-33(58)59;/h1,26-27,29,34H,5-25,28H2,2-3H3,(H,58,59)(H4,40,41,42)(H,43,44,45,46);1H. The molecule has 2 atom stereocenters. The van der Waals surface area contributed by atoms with Crippen LogP contribution in [0.25, 0.3) is 0 Å². The van der Waals surface area contributed by atoms with E-state index in [1.807, 2.05) is 28.5 Å². The molecule has 5 heterocycles. The van der Waals surface area contributed by atoms with Crippen molar-refractivity contribution >= 4 is 41.6 Å². The van der Waals surface area contributed by atoms with E-state index in [2.05, 4.69) is 36.9 Å². The molecule has 2 fully saturated rings. The van der Waals surface area contributed by atoms with Crippen LogP contribution in [-0.2, 0) is 48.0 Å². The van der Waals surface area contributed by atoms with Crippen LogP contribution in [0.1, 0.15) is 50.5 Å². The number of ether oxygens (including phenoxy) is 3. The number of carboxylic acid groups (broad SMARTS) is 1. The normalized spacial score (nSPS) is 15.0. The first kappa shape index (κ1) is 50.7. The van der Waals surface area contributed by atoms with Crippen LogP contribution in [0.2, 0.25) is 0 Å². The number of rotatable bonds is 26. The molecule has 3 aromatic heterocycles. The summed E-state index contributed by atoms with van der Waals surface area (Å²) in [6.07, 6.45) is 11.0. The summed E-state index contributed by atoms with van der Waals surface area (Å²) in [5.41, 5.74) is 12.2. The van der Waals surface area contributed by atoms with Crippen molar-refractivity contribution in [3.8, 4) is 12.3 Å². The van der Waals surface area contributed by atoms with Gasteiger partial charge in [0, 0.05) is 77.7 Å². The van der Waals surface area contributed by atoms with Crippen LogP contribution in [0.3, 0.4) is 0 Å². The number of anilines is 3. The molecule has 0 aromatic carbocycles. The Labute approximate surface area is 378 Å². The summed E-state index contributed by atoms with van der Waals surface area (Å²) in [7, 11) is 0. The average Bonchev–Trinajstić information content (AvgIpc) is 3.95. The van der Waals surface area contributed by atoms with E-state index in [1.165, 1.54) is 0 Å². The first-order valence-electron chi connectivity index (χ1n) is 21.4. The second-order valence-electron chi connectivity index (χ2n) is 15.2. The highest BCUT2D eigenvalue weighted by Crippen LogP contribution is 2.25. The Morgan fingerprint density at radius 3 is 2.09 bits per heavy atom. The number of piperazine rings is 2. The average molecular weight is 916 g/mol. The third-order valence-corrected chi connectivity index (χ3v) is 10.6. The van der Waals surface area contributed by atoms with Gasteiger partial charge in [-0.1, -0.05) is 36.6 Å². The summed E-state index contributed by atoms with van der Waals surface area (Å²) < 4.78 is 19.6. The molecule has 25 heteroatoms. The van der Waals surface area contributed by atoms with Crippen LogP contribution in [0.5, 0.6) is 0 Å². The zero-order valence-corrected chi connectivity index (χ0v) is 37.4. The fourth-order valence-electron chi connectivity index (χ4n) is 6.90. The summed E-state index contributed by atoms with van der Waals surface area (Å²) in [5, 5.41) is 29.1. The minimum absolute atomic E-state index is 0. The van der Waals surface area contributed by atoms with Gasteiger partial charge in [-0.3, -0.25) is 30.8 Å². The number of carbonyl (C=O) groups excluding carboxylic acids is 2. The van der Waals surface area contributed by atoms with E-state index >= 15 is 0 Å². The van der Waals surface area contributed by atoms with Gasteiger partial charge in [-0.15, -0.1) is 16.6 Å². The second-order valence-corrected chi connectivity index (χ2v) is 15.2. The number of hydrogen-bond acceptors (Lipinski definition) is 16. The monoisotopic (exact) mass is 915 g/mol. The third-order valence-electron chi connectivity index (χ3n) is 10.6. The van der Waals surface area contributed by atoms with Gasteiger partial charge in [0.15, 0.2) is 0 Å². The highest BCUT2D eigenvalue weighted by molar-refractivity contribution is 5.81. The lowest BCUT2D eigenvalue weighted by Crippen LogP contribution is -3.00. The molecule has 3 aromatic rings. The molecule has 24 nitrogen and oxygen atoms in total. The number of amides is 2. The second kappa shape index (κ2) is 26.7. The van der Waals surface area contributed by atoms with Crippen molar-refractivity contribution in [2.24, 2.45) is 17.4 Å². The number of terminal acetylenes is 1. The number of halogens is 1. The molecule has 0 spiro atoms. The smallest absolute Gasteiger partial charge is 0.338 e. The largest absolute Gasteiger partial charge is 1.00 e. The van der Waals surface area contributed by atoms with Crippen LogP contribution < -0.4 is 44.0 Å². The highest BCUT2D eigenvalue weighted by Gasteiger charge is 2.34. The number of aryl methyl sites for hydroxylation is 2. The molecular weight excluding hydrogens is 854 g/mol. The number of aliphatic carboxylic acids is 1. The van der Waals surface area contributed by atoms with Crippen molar-refractivity contribution in [3.63, 3.8) is 0 Å². The van der Waals surface area contributed by atoms with Gasteiger partial charge in [-0.25, -0.2) is 9.36 Å². The molecule has 0 saturated carbocycles. The molecule has 64 heavy (non-hydrogen) atoms. The first-order valence-corrected chi connectivity index (χ1v) is 21.4. The van der Waals surface area contributed by atoms with Crippen LogP contribution >= 0.6 is 0 Å². The zero-order valence-electron chi connectivity index (χ0n) is 36.7. The number of guanidine groups is 1. The van der Waals surface area contributed by atoms with Crippen molar-refractivity contribution < 1.29 is 51.1 Å². The molecular formula is C39H62ClN17O7. The fourth-order valence-corrected chi connectivity index (χ4v) is 6.90. The maximum Gasteiger partial charge on any atom is 0.338 e. The van der Waals surface area contributed by atoms with E-state index in [0.29, 0.717) is 128 Å². The predicted octanol–water partition coefficient (Wildman–Crippen LogP) is -6.26. The van der Waals surface area contributed by atoms with Crippen molar-refractivity contribution in [3.05, 3.63) is 23.8 Å². The Balaban J connectivity index is 0.00000898. The summed E-state index contributed by atoms with van der Waals surface area (Å²) in [6.45, 7) is 11.2. The molecule has 0 radical (unpaired) electrons. The van der Waals surface area contributed by atoms with Gasteiger partial charge in [-0.05, 0) is 18.8 Å². The summed E-state index contributed by atoms with van der Waals surface area (Å²) in [6, 6.07) is -0.581. The summed E-state index contributed by atoms with van der Waals surface area (Å²) in [4.78, 5) is 63.5. The Morgan fingerprint density at radius 1 is 0.859 bits per heavy atom. The minimum Gasteiger partial charge on any atom is -1.00 e. The lowest BCUT2D eigenvalue weighted by atomic mass is 9.97. The Kier molecular flexibility index (Phi) is 21.1. The van der Waals surface area contributed by atoms with E-state index in [-0.39, 0.29) is 62.1 Å². The Morgan fingerprint density at radius 2 is 1.47 bits per heavy atom. The number of nitrogens with zero attached hydrogens (tertiary/aromatic N) is 13. The van der Waals surface area contributed by atoms with E-state index in [4.69, 9.17) is 52.2 Å². The summed E-state index contributed by atoms with van der Waals surface area (Å²) in [5.74, 6) is 2.81. The molecule has 2 unspecified atom stereocenters. The molecule has 352 valence electrons. The Hall–Kier alpha value is -5.90.